The minimum Gasteiger partial charge on any atom is -0.452 e. The zero-order chi connectivity index (χ0) is 22.4. The molecule has 7 nitrogen and oxygen atoms in total. The first-order chi connectivity index (χ1) is 14.8. The molecule has 0 aliphatic heterocycles. The normalized spacial score (nSPS) is 10.9. The van der Waals surface area contributed by atoms with Gasteiger partial charge in [-0.25, -0.2) is 22.0 Å². The monoisotopic (exact) mass is 446 g/mol. The zero-order valence-electron chi connectivity index (χ0n) is 15.8. The van der Waals surface area contributed by atoms with Crippen molar-refractivity contribution in [1.82, 2.24) is 0 Å². The van der Waals surface area contributed by atoms with Crippen LogP contribution in [0.5, 0.6) is 0 Å². The first kappa shape index (κ1) is 21.9. The van der Waals surface area contributed by atoms with Crippen LogP contribution in [0.3, 0.4) is 0 Å². The third-order valence-corrected chi connectivity index (χ3v) is 5.38. The van der Waals surface area contributed by atoms with Gasteiger partial charge >= 0.3 is 5.97 Å². The summed E-state index contributed by atoms with van der Waals surface area (Å²) in [5.74, 6) is -3.00. The SMILES string of the molecule is O=C(COC(=O)c1ccccc1NS(=O)(=O)c1ccc(F)cc1)Nc1ccccc1F. The Hall–Kier alpha value is -3.79. The van der Waals surface area contributed by atoms with Gasteiger partial charge in [-0.2, -0.15) is 0 Å². The number of ether oxygens (including phenoxy) is 1. The minimum atomic E-state index is -4.11. The number of para-hydroxylation sites is 2. The Bertz CT molecular complexity index is 1210. The van der Waals surface area contributed by atoms with E-state index >= 15 is 0 Å². The minimum absolute atomic E-state index is 0.0731. The van der Waals surface area contributed by atoms with Crippen molar-refractivity contribution in [2.75, 3.05) is 16.6 Å². The van der Waals surface area contributed by atoms with Crippen molar-refractivity contribution in [3.63, 3.8) is 0 Å². The molecular weight excluding hydrogens is 430 g/mol. The number of nitrogens with one attached hydrogen (secondary N) is 2. The third-order valence-electron chi connectivity index (χ3n) is 4.00. The van der Waals surface area contributed by atoms with Crippen LogP contribution in [0.1, 0.15) is 10.4 Å². The molecule has 3 aromatic rings. The van der Waals surface area contributed by atoms with Crippen LogP contribution in [0.25, 0.3) is 0 Å². The van der Waals surface area contributed by atoms with Gasteiger partial charge in [0.1, 0.15) is 11.6 Å². The Balaban J connectivity index is 1.69. The second kappa shape index (κ2) is 9.35. The maximum atomic E-state index is 13.6. The molecule has 0 heterocycles. The molecule has 0 bridgehead atoms. The molecule has 1 amide bonds. The van der Waals surface area contributed by atoms with Gasteiger partial charge < -0.3 is 10.1 Å². The van der Waals surface area contributed by atoms with Gasteiger partial charge in [0.25, 0.3) is 15.9 Å². The standard InChI is InChI=1S/C21H16F2N2O5S/c22-14-9-11-15(12-10-14)31(28,29)25-18-7-3-1-5-16(18)21(27)30-13-20(26)24-19-8-4-2-6-17(19)23/h1-12,25H,13H2,(H,24,26). The molecule has 31 heavy (non-hydrogen) atoms. The largest absolute Gasteiger partial charge is 0.452 e. The van der Waals surface area contributed by atoms with Crippen LogP contribution in [0.2, 0.25) is 0 Å². The lowest BCUT2D eigenvalue weighted by atomic mass is 10.2. The lowest BCUT2D eigenvalue weighted by Crippen LogP contribution is -2.22. The van der Waals surface area contributed by atoms with Crippen LogP contribution in [-0.4, -0.2) is 26.9 Å². The molecule has 0 unspecified atom stereocenters. The van der Waals surface area contributed by atoms with E-state index in [1.54, 1.807) is 0 Å². The van der Waals surface area contributed by atoms with E-state index in [0.717, 1.165) is 30.3 Å². The maximum absolute atomic E-state index is 13.6. The fourth-order valence-electron chi connectivity index (χ4n) is 2.53. The van der Waals surface area contributed by atoms with Gasteiger partial charge in [-0.1, -0.05) is 24.3 Å². The highest BCUT2D eigenvalue weighted by molar-refractivity contribution is 7.92. The van der Waals surface area contributed by atoms with Crippen molar-refractivity contribution in [2.45, 2.75) is 4.90 Å². The van der Waals surface area contributed by atoms with Crippen LogP contribution >= 0.6 is 0 Å². The predicted octanol–water partition coefficient (Wildman–Crippen LogP) is 3.56. The number of benzene rings is 3. The number of esters is 1. The first-order valence-electron chi connectivity index (χ1n) is 8.85. The molecule has 3 aromatic carbocycles. The number of rotatable bonds is 7. The summed E-state index contributed by atoms with van der Waals surface area (Å²) in [6, 6.07) is 15.2. The molecule has 3 rings (SSSR count). The van der Waals surface area contributed by atoms with E-state index in [1.165, 1.54) is 42.5 Å². The van der Waals surface area contributed by atoms with Crippen molar-refractivity contribution in [1.29, 1.82) is 0 Å². The van der Waals surface area contributed by atoms with E-state index in [-0.39, 0.29) is 21.8 Å². The zero-order valence-corrected chi connectivity index (χ0v) is 16.7. The summed E-state index contributed by atoms with van der Waals surface area (Å²) in [6.45, 7) is -0.716. The van der Waals surface area contributed by atoms with Crippen LogP contribution in [0, 0.1) is 11.6 Å². The van der Waals surface area contributed by atoms with Crippen molar-refractivity contribution < 1.29 is 31.5 Å². The molecule has 0 saturated carbocycles. The number of sulfonamides is 1. The lowest BCUT2D eigenvalue weighted by molar-refractivity contribution is -0.119. The van der Waals surface area contributed by atoms with Gasteiger partial charge in [0, 0.05) is 0 Å². The summed E-state index contributed by atoms with van der Waals surface area (Å²) in [5, 5.41) is 2.26. The summed E-state index contributed by atoms with van der Waals surface area (Å²) in [6.07, 6.45) is 0. The Morgan fingerprint density at radius 3 is 2.13 bits per heavy atom. The van der Waals surface area contributed by atoms with Crippen molar-refractivity contribution in [2.24, 2.45) is 0 Å². The highest BCUT2D eigenvalue weighted by Crippen LogP contribution is 2.21. The van der Waals surface area contributed by atoms with E-state index < -0.39 is 40.1 Å². The van der Waals surface area contributed by atoms with Crippen LogP contribution in [0.4, 0.5) is 20.2 Å². The third kappa shape index (κ3) is 5.64. The quantitative estimate of drug-likeness (QED) is 0.541. The molecule has 0 saturated heterocycles. The van der Waals surface area contributed by atoms with E-state index in [9.17, 15) is 26.8 Å². The fraction of sp³-hybridized carbons (Fsp3) is 0.0476. The second-order valence-electron chi connectivity index (χ2n) is 6.21. The molecule has 0 aromatic heterocycles. The number of hydrogen-bond donors (Lipinski definition) is 2. The molecule has 0 aliphatic rings. The summed E-state index contributed by atoms with van der Waals surface area (Å²) < 4.78 is 58.8. The summed E-state index contributed by atoms with van der Waals surface area (Å²) in [7, 11) is -4.11. The molecule has 0 spiro atoms. The number of hydrogen-bond acceptors (Lipinski definition) is 5. The highest BCUT2D eigenvalue weighted by Gasteiger charge is 2.20. The lowest BCUT2D eigenvalue weighted by Gasteiger charge is -2.12. The number of carbonyl (C=O) groups excluding carboxylic acids is 2. The van der Waals surface area contributed by atoms with Crippen LogP contribution in [0.15, 0.2) is 77.7 Å². The topological polar surface area (TPSA) is 102 Å². The Labute approximate surface area is 176 Å². The fourth-order valence-corrected chi connectivity index (χ4v) is 3.61. The average molecular weight is 446 g/mol. The smallest absolute Gasteiger partial charge is 0.340 e. The summed E-state index contributed by atoms with van der Waals surface area (Å²) >= 11 is 0. The molecule has 10 heteroatoms. The molecule has 2 N–H and O–H groups in total. The first-order valence-corrected chi connectivity index (χ1v) is 10.3. The summed E-state index contributed by atoms with van der Waals surface area (Å²) in [4.78, 5) is 24.1. The van der Waals surface area contributed by atoms with Gasteiger partial charge in [0.05, 0.1) is 21.8 Å². The van der Waals surface area contributed by atoms with Crippen molar-refractivity contribution in [3.8, 4) is 0 Å². The van der Waals surface area contributed by atoms with Crippen LogP contribution < -0.4 is 10.0 Å². The van der Waals surface area contributed by atoms with Crippen molar-refractivity contribution in [3.05, 3.63) is 90.0 Å². The van der Waals surface area contributed by atoms with Gasteiger partial charge in [0.2, 0.25) is 0 Å². The second-order valence-corrected chi connectivity index (χ2v) is 7.89. The molecule has 0 fully saturated rings. The molecule has 0 atom stereocenters. The number of carbonyl (C=O) groups is 2. The van der Waals surface area contributed by atoms with Gasteiger partial charge in [-0.05, 0) is 48.5 Å². The summed E-state index contributed by atoms with van der Waals surface area (Å²) in [5.41, 5.74) is -0.311. The maximum Gasteiger partial charge on any atom is 0.340 e. The highest BCUT2D eigenvalue weighted by atomic mass is 32.2. The van der Waals surface area contributed by atoms with Gasteiger partial charge in [-0.3, -0.25) is 9.52 Å². The Morgan fingerprint density at radius 1 is 0.839 bits per heavy atom. The van der Waals surface area contributed by atoms with E-state index in [1.807, 2.05) is 0 Å². The van der Waals surface area contributed by atoms with E-state index in [4.69, 9.17) is 4.74 Å². The average Bonchev–Trinajstić information content (AvgIpc) is 2.74. The van der Waals surface area contributed by atoms with Gasteiger partial charge in [-0.15, -0.1) is 0 Å². The van der Waals surface area contributed by atoms with Gasteiger partial charge in [0.15, 0.2) is 6.61 Å². The molecule has 0 aliphatic carbocycles. The Morgan fingerprint density at radius 2 is 1.45 bits per heavy atom. The van der Waals surface area contributed by atoms with E-state index in [0.29, 0.717) is 0 Å². The van der Waals surface area contributed by atoms with E-state index in [2.05, 4.69) is 10.0 Å². The van der Waals surface area contributed by atoms with Crippen LogP contribution in [-0.2, 0) is 19.6 Å². The Kier molecular flexibility index (Phi) is 6.61. The molecular formula is C21H16F2N2O5S. The number of amides is 1. The van der Waals surface area contributed by atoms with Crippen molar-refractivity contribution >= 4 is 33.3 Å². The molecule has 0 radical (unpaired) electrons. The number of anilines is 2. The predicted molar refractivity (Wildman–Crippen MR) is 109 cm³/mol. The number of halogens is 2. The molecule has 160 valence electrons.